The maximum absolute atomic E-state index is 4.40. The summed E-state index contributed by atoms with van der Waals surface area (Å²) >= 11 is 3.42. The van der Waals surface area contributed by atoms with E-state index in [0.29, 0.717) is 6.04 Å². The van der Waals surface area contributed by atoms with Gasteiger partial charge in [0.25, 0.3) is 0 Å². The van der Waals surface area contributed by atoms with Crippen molar-refractivity contribution in [3.8, 4) is 0 Å². The number of halogens is 1. The molecule has 1 saturated carbocycles. The molecule has 1 fully saturated rings. The van der Waals surface area contributed by atoms with Crippen molar-refractivity contribution < 1.29 is 0 Å². The van der Waals surface area contributed by atoms with E-state index in [1.54, 1.807) is 0 Å². The first kappa shape index (κ1) is 10.9. The fourth-order valence-electron chi connectivity index (χ4n) is 2.04. The number of alkyl halides is 1. The van der Waals surface area contributed by atoms with Crippen LogP contribution in [0.2, 0.25) is 0 Å². The Morgan fingerprint density at radius 3 is 2.67 bits per heavy atom. The summed E-state index contributed by atoms with van der Waals surface area (Å²) < 4.78 is 0. The minimum Gasteiger partial charge on any atom is -0.367 e. The summed E-state index contributed by atoms with van der Waals surface area (Å²) in [6.07, 6.45) is 8.63. The predicted octanol–water partition coefficient (Wildman–Crippen LogP) is 3.72. The molecule has 1 heterocycles. The van der Waals surface area contributed by atoms with Gasteiger partial charge in [-0.1, -0.05) is 41.3 Å². The van der Waals surface area contributed by atoms with Crippen LogP contribution in [0.5, 0.6) is 0 Å². The highest BCUT2D eigenvalue weighted by molar-refractivity contribution is 9.08. The van der Waals surface area contributed by atoms with Gasteiger partial charge in [0.05, 0.1) is 0 Å². The summed E-state index contributed by atoms with van der Waals surface area (Å²) in [5, 5.41) is 4.38. The lowest BCUT2D eigenvalue weighted by Crippen LogP contribution is -2.22. The van der Waals surface area contributed by atoms with Crippen molar-refractivity contribution in [2.24, 2.45) is 0 Å². The van der Waals surface area contributed by atoms with E-state index in [2.05, 4.69) is 38.4 Å². The predicted molar refractivity (Wildman–Crippen MR) is 67.4 cm³/mol. The average molecular weight is 269 g/mol. The molecule has 0 radical (unpaired) electrons. The van der Waals surface area contributed by atoms with Crippen LogP contribution in [-0.2, 0) is 5.33 Å². The van der Waals surface area contributed by atoms with Crippen LogP contribution >= 0.6 is 15.9 Å². The molecule has 0 aromatic carbocycles. The fraction of sp³-hybridized carbons (Fsp3) is 0.583. The minimum atomic E-state index is 0.640. The van der Waals surface area contributed by atoms with E-state index in [-0.39, 0.29) is 0 Å². The van der Waals surface area contributed by atoms with Gasteiger partial charge in [-0.2, -0.15) is 0 Å². The van der Waals surface area contributed by atoms with Crippen molar-refractivity contribution in [2.45, 2.75) is 43.5 Å². The fourth-order valence-corrected chi connectivity index (χ4v) is 2.38. The molecule has 3 heteroatoms. The van der Waals surface area contributed by atoms with Gasteiger partial charge in [0.15, 0.2) is 0 Å². The molecule has 1 aromatic heterocycles. The summed E-state index contributed by atoms with van der Waals surface area (Å²) in [4.78, 5) is 4.40. The normalized spacial score (nSPS) is 17.7. The number of nitrogens with zero attached hydrogens (tertiary/aromatic N) is 1. The lowest BCUT2D eigenvalue weighted by atomic mass is 9.95. The number of aromatic nitrogens is 1. The van der Waals surface area contributed by atoms with Gasteiger partial charge in [0, 0.05) is 17.6 Å². The molecule has 0 amide bonds. The lowest BCUT2D eigenvalue weighted by Gasteiger charge is -2.23. The molecule has 15 heavy (non-hydrogen) atoms. The van der Waals surface area contributed by atoms with Gasteiger partial charge in [0.1, 0.15) is 5.82 Å². The van der Waals surface area contributed by atoms with E-state index in [4.69, 9.17) is 0 Å². The Morgan fingerprint density at radius 1 is 1.27 bits per heavy atom. The quantitative estimate of drug-likeness (QED) is 0.846. The average Bonchev–Trinajstić information content (AvgIpc) is 2.31. The van der Waals surface area contributed by atoms with Gasteiger partial charge in [0.2, 0.25) is 0 Å². The maximum Gasteiger partial charge on any atom is 0.126 e. The zero-order valence-electron chi connectivity index (χ0n) is 8.88. The Balaban J connectivity index is 1.91. The Hall–Kier alpha value is -0.570. The van der Waals surface area contributed by atoms with Crippen LogP contribution in [0, 0.1) is 0 Å². The second kappa shape index (κ2) is 5.50. The Kier molecular flexibility index (Phi) is 4.01. The topological polar surface area (TPSA) is 24.9 Å². The van der Waals surface area contributed by atoms with Gasteiger partial charge in [-0.25, -0.2) is 4.98 Å². The van der Waals surface area contributed by atoms with Crippen LogP contribution in [0.25, 0.3) is 0 Å². The zero-order valence-corrected chi connectivity index (χ0v) is 10.5. The smallest absolute Gasteiger partial charge is 0.126 e. The highest BCUT2D eigenvalue weighted by Gasteiger charge is 2.12. The molecule has 0 saturated heterocycles. The Labute approximate surface area is 99.6 Å². The van der Waals surface area contributed by atoms with Crippen LogP contribution in [0.3, 0.4) is 0 Å². The van der Waals surface area contributed by atoms with E-state index in [0.717, 1.165) is 11.1 Å². The van der Waals surface area contributed by atoms with Crippen LogP contribution in [-0.4, -0.2) is 11.0 Å². The highest BCUT2D eigenvalue weighted by atomic mass is 79.9. The molecule has 0 unspecified atom stereocenters. The number of pyridine rings is 1. The summed E-state index contributed by atoms with van der Waals surface area (Å²) in [6, 6.07) is 4.83. The first-order valence-electron chi connectivity index (χ1n) is 5.66. The first-order valence-corrected chi connectivity index (χ1v) is 6.78. The van der Waals surface area contributed by atoms with Crippen molar-refractivity contribution in [3.63, 3.8) is 0 Å². The second-order valence-electron chi connectivity index (χ2n) is 4.16. The van der Waals surface area contributed by atoms with E-state index < -0.39 is 0 Å². The largest absolute Gasteiger partial charge is 0.367 e. The van der Waals surface area contributed by atoms with Crippen molar-refractivity contribution in [2.75, 3.05) is 5.32 Å². The number of nitrogens with one attached hydrogen (secondary N) is 1. The lowest BCUT2D eigenvalue weighted by molar-refractivity contribution is 0.462. The number of rotatable bonds is 3. The second-order valence-corrected chi connectivity index (χ2v) is 4.73. The third-order valence-corrected chi connectivity index (χ3v) is 3.58. The Morgan fingerprint density at radius 2 is 2.07 bits per heavy atom. The van der Waals surface area contributed by atoms with Gasteiger partial charge in [-0.3, -0.25) is 0 Å². The van der Waals surface area contributed by atoms with Crippen molar-refractivity contribution in [3.05, 3.63) is 23.9 Å². The summed E-state index contributed by atoms with van der Waals surface area (Å²) in [7, 11) is 0. The van der Waals surface area contributed by atoms with Crippen molar-refractivity contribution in [1.29, 1.82) is 0 Å². The molecule has 0 bridgehead atoms. The molecule has 0 aliphatic heterocycles. The molecule has 1 aliphatic rings. The van der Waals surface area contributed by atoms with Gasteiger partial charge >= 0.3 is 0 Å². The first-order chi connectivity index (χ1) is 7.38. The van der Waals surface area contributed by atoms with Gasteiger partial charge < -0.3 is 5.32 Å². The molecule has 2 rings (SSSR count). The van der Waals surface area contributed by atoms with Gasteiger partial charge in [-0.15, -0.1) is 0 Å². The molecule has 0 spiro atoms. The zero-order chi connectivity index (χ0) is 10.5. The third kappa shape index (κ3) is 3.20. The SMILES string of the molecule is BrCc1ccc(NC2CCCCC2)nc1. The molecule has 2 nitrogen and oxygen atoms in total. The van der Waals surface area contributed by atoms with Crippen molar-refractivity contribution in [1.82, 2.24) is 4.98 Å². The van der Waals surface area contributed by atoms with E-state index >= 15 is 0 Å². The highest BCUT2D eigenvalue weighted by Crippen LogP contribution is 2.20. The number of anilines is 1. The molecular weight excluding hydrogens is 252 g/mol. The number of hydrogen-bond acceptors (Lipinski definition) is 2. The van der Waals surface area contributed by atoms with E-state index in [9.17, 15) is 0 Å². The van der Waals surface area contributed by atoms with E-state index in [1.807, 2.05) is 6.20 Å². The standard InChI is InChI=1S/C12H17BrN2/c13-8-10-6-7-12(14-9-10)15-11-4-2-1-3-5-11/h6-7,9,11H,1-5,8H2,(H,14,15). The number of hydrogen-bond donors (Lipinski definition) is 1. The van der Waals surface area contributed by atoms with Gasteiger partial charge in [-0.05, 0) is 24.5 Å². The van der Waals surface area contributed by atoms with E-state index in [1.165, 1.54) is 37.7 Å². The molecule has 1 N–H and O–H groups in total. The summed E-state index contributed by atoms with van der Waals surface area (Å²) in [5.74, 6) is 1.02. The minimum absolute atomic E-state index is 0.640. The van der Waals surface area contributed by atoms with Crippen LogP contribution in [0.15, 0.2) is 18.3 Å². The summed E-state index contributed by atoms with van der Waals surface area (Å²) in [5.41, 5.74) is 1.23. The third-order valence-electron chi connectivity index (χ3n) is 2.94. The molecule has 0 atom stereocenters. The maximum atomic E-state index is 4.40. The molecule has 1 aromatic rings. The molecule has 82 valence electrons. The molecular formula is C12H17BrN2. The molecule has 1 aliphatic carbocycles. The van der Waals surface area contributed by atoms with Crippen LogP contribution in [0.4, 0.5) is 5.82 Å². The summed E-state index contributed by atoms with van der Waals surface area (Å²) in [6.45, 7) is 0. The van der Waals surface area contributed by atoms with Crippen molar-refractivity contribution >= 4 is 21.7 Å². The van der Waals surface area contributed by atoms with Crippen LogP contribution < -0.4 is 5.32 Å². The Bertz CT molecular complexity index is 291. The van der Waals surface area contributed by atoms with Crippen LogP contribution in [0.1, 0.15) is 37.7 Å². The monoisotopic (exact) mass is 268 g/mol.